The summed E-state index contributed by atoms with van der Waals surface area (Å²) in [5, 5.41) is 11.9. The van der Waals surface area contributed by atoms with Crippen LogP contribution in [0.3, 0.4) is 0 Å². The van der Waals surface area contributed by atoms with Crippen LogP contribution in [0.1, 0.15) is 6.42 Å². The van der Waals surface area contributed by atoms with Gasteiger partial charge in [-0.2, -0.15) is 5.10 Å². The fourth-order valence-electron chi connectivity index (χ4n) is 0.864. The fourth-order valence-corrected chi connectivity index (χ4v) is 1.82. The van der Waals surface area contributed by atoms with Crippen molar-refractivity contribution < 1.29 is 14.7 Å². The van der Waals surface area contributed by atoms with Gasteiger partial charge in [0.1, 0.15) is 5.25 Å². The number of carboxylic acids is 1. The normalized spacial score (nSPS) is 25.6. The first-order valence-electron chi connectivity index (χ1n) is 3.31. The van der Waals surface area contributed by atoms with Crippen LogP contribution in [0.15, 0.2) is 5.10 Å². The van der Waals surface area contributed by atoms with Gasteiger partial charge < -0.3 is 10.9 Å². The second-order valence-electron chi connectivity index (χ2n) is 2.32. The first-order valence-corrected chi connectivity index (χ1v) is 4.19. The molecule has 5 N–H and O–H groups in total. The number of carbonyl (C=O) groups excluding carboxylic acids is 1. The zero-order chi connectivity index (χ0) is 10.0. The average Bonchev–Trinajstić information content (AvgIpc) is 2.32. The van der Waals surface area contributed by atoms with Crippen molar-refractivity contribution in [1.82, 2.24) is 5.01 Å². The summed E-state index contributed by atoms with van der Waals surface area (Å²) < 4.78 is 0. The quantitative estimate of drug-likeness (QED) is 0.286. The van der Waals surface area contributed by atoms with Crippen LogP contribution in [0.5, 0.6) is 0 Å². The van der Waals surface area contributed by atoms with Gasteiger partial charge >= 0.3 is 5.97 Å². The number of aliphatic carboxylic acids is 1. The topological polar surface area (TPSA) is 122 Å². The van der Waals surface area contributed by atoms with E-state index in [9.17, 15) is 9.59 Å². The number of hydrogen-bond acceptors (Lipinski definition) is 6. The molecule has 1 unspecified atom stereocenters. The third kappa shape index (κ3) is 1.90. The van der Waals surface area contributed by atoms with Gasteiger partial charge in [-0.15, -0.1) is 0 Å². The summed E-state index contributed by atoms with van der Waals surface area (Å²) in [6.07, 6.45) is -0.282. The van der Waals surface area contributed by atoms with E-state index in [0.29, 0.717) is 0 Å². The molecule has 7 nitrogen and oxygen atoms in total. The molecule has 1 amide bonds. The van der Waals surface area contributed by atoms with Crippen LogP contribution in [0, 0.1) is 0 Å². The van der Waals surface area contributed by atoms with E-state index < -0.39 is 17.1 Å². The number of amides is 1. The first-order chi connectivity index (χ1) is 6.06. The average molecular weight is 204 g/mol. The van der Waals surface area contributed by atoms with Crippen molar-refractivity contribution in [3.8, 4) is 0 Å². The number of hydrazone groups is 1. The highest BCUT2D eigenvalue weighted by Crippen LogP contribution is 2.26. The highest BCUT2D eigenvalue weighted by molar-refractivity contribution is 8.15. The summed E-state index contributed by atoms with van der Waals surface area (Å²) in [5.41, 5.74) is 0. The molecule has 72 valence electrons. The molecule has 0 spiro atoms. The number of carbonyl (C=O) groups is 2. The van der Waals surface area contributed by atoms with Crippen LogP contribution >= 0.6 is 11.8 Å². The third-order valence-corrected chi connectivity index (χ3v) is 2.60. The van der Waals surface area contributed by atoms with Gasteiger partial charge in [0, 0.05) is 0 Å². The molecule has 0 radical (unpaired) electrons. The molecule has 0 bridgehead atoms. The minimum Gasteiger partial charge on any atom is -0.481 e. The van der Waals surface area contributed by atoms with Gasteiger partial charge in [-0.25, -0.2) is 10.9 Å². The molecule has 1 aliphatic rings. The van der Waals surface area contributed by atoms with Crippen LogP contribution < -0.4 is 11.7 Å². The van der Waals surface area contributed by atoms with Gasteiger partial charge in [0.2, 0.25) is 5.17 Å². The summed E-state index contributed by atoms with van der Waals surface area (Å²) >= 11 is 0.951. The predicted molar refractivity (Wildman–Crippen MR) is 46.3 cm³/mol. The maximum Gasteiger partial charge on any atom is 0.305 e. The predicted octanol–water partition coefficient (Wildman–Crippen LogP) is -1.49. The number of amidine groups is 1. The van der Waals surface area contributed by atoms with Gasteiger partial charge in [-0.3, -0.25) is 9.59 Å². The van der Waals surface area contributed by atoms with Crippen LogP contribution in [-0.2, 0) is 9.59 Å². The van der Waals surface area contributed by atoms with Crippen molar-refractivity contribution in [2.75, 3.05) is 0 Å². The van der Waals surface area contributed by atoms with Crippen molar-refractivity contribution in [3.05, 3.63) is 0 Å². The van der Waals surface area contributed by atoms with E-state index in [-0.39, 0.29) is 11.6 Å². The molecular formula is C5H8N4O3S. The maximum absolute atomic E-state index is 11.2. The summed E-state index contributed by atoms with van der Waals surface area (Å²) in [6, 6.07) is 0. The molecule has 13 heavy (non-hydrogen) atoms. The summed E-state index contributed by atoms with van der Waals surface area (Å²) in [7, 11) is 0. The number of hydrazine groups is 1. The molecule has 0 aromatic rings. The molecule has 1 atom stereocenters. The molecule has 8 heteroatoms. The Bertz CT molecular complexity index is 279. The SMILES string of the molecule is N/N=C1/SC(CC(=O)O)C(=O)N1N. The van der Waals surface area contributed by atoms with E-state index in [1.807, 2.05) is 0 Å². The van der Waals surface area contributed by atoms with E-state index in [2.05, 4.69) is 5.10 Å². The molecule has 0 aromatic carbocycles. The molecule has 1 fully saturated rings. The van der Waals surface area contributed by atoms with Crippen molar-refractivity contribution in [1.29, 1.82) is 0 Å². The van der Waals surface area contributed by atoms with E-state index in [1.54, 1.807) is 0 Å². The summed E-state index contributed by atoms with van der Waals surface area (Å²) in [6.45, 7) is 0. The Morgan fingerprint density at radius 3 is 2.77 bits per heavy atom. The zero-order valence-corrected chi connectivity index (χ0v) is 7.32. The highest BCUT2D eigenvalue weighted by atomic mass is 32.2. The molecule has 0 aromatic heterocycles. The monoisotopic (exact) mass is 204 g/mol. The number of thioether (sulfide) groups is 1. The lowest BCUT2D eigenvalue weighted by Crippen LogP contribution is -2.38. The van der Waals surface area contributed by atoms with Crippen molar-refractivity contribution in [3.63, 3.8) is 0 Å². The Morgan fingerprint density at radius 2 is 2.38 bits per heavy atom. The maximum atomic E-state index is 11.2. The first kappa shape index (κ1) is 9.81. The number of carboxylic acid groups (broad SMARTS) is 1. The fraction of sp³-hybridized carbons (Fsp3) is 0.400. The van der Waals surface area contributed by atoms with Crippen LogP contribution in [-0.4, -0.2) is 32.4 Å². The molecule has 1 heterocycles. The van der Waals surface area contributed by atoms with E-state index in [0.717, 1.165) is 16.8 Å². The van der Waals surface area contributed by atoms with Gasteiger partial charge in [0.05, 0.1) is 6.42 Å². The Morgan fingerprint density at radius 1 is 1.77 bits per heavy atom. The highest BCUT2D eigenvalue weighted by Gasteiger charge is 2.37. The van der Waals surface area contributed by atoms with Crippen molar-refractivity contribution in [2.45, 2.75) is 11.7 Å². The third-order valence-electron chi connectivity index (χ3n) is 1.44. The Kier molecular flexibility index (Phi) is 2.73. The Labute approximate surface area is 77.7 Å². The minimum absolute atomic E-state index is 0.135. The lowest BCUT2D eigenvalue weighted by Gasteiger charge is -2.05. The molecule has 1 aliphatic heterocycles. The smallest absolute Gasteiger partial charge is 0.305 e. The van der Waals surface area contributed by atoms with Gasteiger partial charge in [-0.1, -0.05) is 11.8 Å². The second-order valence-corrected chi connectivity index (χ2v) is 3.49. The van der Waals surface area contributed by atoms with E-state index >= 15 is 0 Å². The number of nitrogens with zero attached hydrogens (tertiary/aromatic N) is 2. The summed E-state index contributed by atoms with van der Waals surface area (Å²) in [4.78, 5) is 21.5. The lowest BCUT2D eigenvalue weighted by molar-refractivity contribution is -0.139. The van der Waals surface area contributed by atoms with E-state index in [4.69, 9.17) is 16.8 Å². The Balaban J connectivity index is 2.72. The number of rotatable bonds is 2. The van der Waals surface area contributed by atoms with Crippen LogP contribution in [0.25, 0.3) is 0 Å². The zero-order valence-electron chi connectivity index (χ0n) is 6.51. The van der Waals surface area contributed by atoms with Crippen LogP contribution in [0.4, 0.5) is 0 Å². The van der Waals surface area contributed by atoms with Crippen LogP contribution in [0.2, 0.25) is 0 Å². The minimum atomic E-state index is -1.06. The second kappa shape index (κ2) is 3.62. The van der Waals surface area contributed by atoms with Gasteiger partial charge in [0.25, 0.3) is 5.91 Å². The van der Waals surface area contributed by atoms with Crippen molar-refractivity contribution in [2.24, 2.45) is 16.8 Å². The molecule has 0 aliphatic carbocycles. The molecular weight excluding hydrogens is 196 g/mol. The van der Waals surface area contributed by atoms with Gasteiger partial charge in [0.15, 0.2) is 0 Å². The lowest BCUT2D eigenvalue weighted by atomic mass is 10.3. The molecule has 0 saturated carbocycles. The number of hydrogen-bond donors (Lipinski definition) is 3. The van der Waals surface area contributed by atoms with Crippen molar-refractivity contribution >= 4 is 28.8 Å². The van der Waals surface area contributed by atoms with Gasteiger partial charge in [-0.05, 0) is 0 Å². The molecule has 1 rings (SSSR count). The Hall–Kier alpha value is -1.28. The largest absolute Gasteiger partial charge is 0.481 e. The molecule has 1 saturated heterocycles. The standard InChI is InChI=1S/C5H8N4O3S/c6-8-5-9(7)4(12)2(13-5)1-3(10)11/h2H,1,6-7H2,(H,10,11)/b8-5+. The summed E-state index contributed by atoms with van der Waals surface area (Å²) in [5.74, 6) is 8.64. The number of nitrogens with two attached hydrogens (primary N) is 2. The van der Waals surface area contributed by atoms with E-state index in [1.165, 1.54) is 0 Å².